The molecule has 2 heterocycles. The normalized spacial score (nSPS) is 20.6. The minimum absolute atomic E-state index is 0.0439. The molecule has 1 amide bonds. The Labute approximate surface area is 148 Å². The van der Waals surface area contributed by atoms with E-state index in [1.807, 2.05) is 30.3 Å². The van der Waals surface area contributed by atoms with Gasteiger partial charge in [-0.15, -0.1) is 0 Å². The number of amides is 1. The van der Waals surface area contributed by atoms with Crippen LogP contribution in [0.25, 0.3) is 11.4 Å². The predicted molar refractivity (Wildman–Crippen MR) is 95.8 cm³/mol. The van der Waals surface area contributed by atoms with E-state index in [1.165, 1.54) is 0 Å². The van der Waals surface area contributed by atoms with E-state index < -0.39 is 0 Å². The second kappa shape index (κ2) is 8.25. The standard InChI is InChI=1S/C19H26N4O2/c1-14(2)18-16(9-6-10-25-18)11-20-17(24)12-23-13-21-19(22-23)15-7-4-3-5-8-15/h3-5,7-8,13-14,16,18H,6,9-12H2,1-2H3,(H,20,24)/t16-,18+/m1/s1. The molecule has 134 valence electrons. The summed E-state index contributed by atoms with van der Waals surface area (Å²) in [6.07, 6.45) is 3.99. The fourth-order valence-corrected chi connectivity index (χ4v) is 3.36. The second-order valence-corrected chi connectivity index (χ2v) is 6.92. The number of rotatable bonds is 6. The molecule has 1 aromatic carbocycles. The summed E-state index contributed by atoms with van der Waals surface area (Å²) in [5, 5.41) is 7.41. The van der Waals surface area contributed by atoms with Gasteiger partial charge in [-0.3, -0.25) is 4.79 Å². The Bertz CT molecular complexity index is 684. The molecule has 2 atom stereocenters. The van der Waals surface area contributed by atoms with Crippen molar-refractivity contribution < 1.29 is 9.53 Å². The van der Waals surface area contributed by atoms with Crippen LogP contribution in [0.2, 0.25) is 0 Å². The number of benzene rings is 1. The lowest BCUT2D eigenvalue weighted by Crippen LogP contribution is -2.42. The molecule has 6 heteroatoms. The van der Waals surface area contributed by atoms with Crippen LogP contribution in [0.4, 0.5) is 0 Å². The zero-order chi connectivity index (χ0) is 17.6. The molecule has 1 fully saturated rings. The molecule has 1 aromatic heterocycles. The molecule has 2 aromatic rings. The smallest absolute Gasteiger partial charge is 0.241 e. The zero-order valence-corrected chi connectivity index (χ0v) is 14.9. The number of nitrogens with zero attached hydrogens (tertiary/aromatic N) is 3. The number of carbonyl (C=O) groups excluding carboxylic acids is 1. The van der Waals surface area contributed by atoms with Crippen LogP contribution in [0.1, 0.15) is 26.7 Å². The van der Waals surface area contributed by atoms with Crippen LogP contribution >= 0.6 is 0 Å². The van der Waals surface area contributed by atoms with Crippen LogP contribution < -0.4 is 5.32 Å². The number of hydrogen-bond donors (Lipinski definition) is 1. The number of hydrogen-bond acceptors (Lipinski definition) is 4. The predicted octanol–water partition coefficient (Wildman–Crippen LogP) is 2.51. The molecule has 25 heavy (non-hydrogen) atoms. The van der Waals surface area contributed by atoms with Crippen molar-refractivity contribution in [3.8, 4) is 11.4 Å². The highest BCUT2D eigenvalue weighted by atomic mass is 16.5. The molecule has 1 aliphatic heterocycles. The van der Waals surface area contributed by atoms with Gasteiger partial charge in [-0.05, 0) is 18.8 Å². The first kappa shape index (κ1) is 17.6. The maximum absolute atomic E-state index is 12.2. The summed E-state index contributed by atoms with van der Waals surface area (Å²) in [4.78, 5) is 16.5. The van der Waals surface area contributed by atoms with Gasteiger partial charge in [-0.1, -0.05) is 44.2 Å². The van der Waals surface area contributed by atoms with Gasteiger partial charge in [0.2, 0.25) is 5.91 Å². The van der Waals surface area contributed by atoms with Crippen LogP contribution in [-0.4, -0.2) is 39.9 Å². The lowest BCUT2D eigenvalue weighted by atomic mass is 9.87. The average Bonchev–Trinajstić information content (AvgIpc) is 3.09. The van der Waals surface area contributed by atoms with Gasteiger partial charge >= 0.3 is 0 Å². The van der Waals surface area contributed by atoms with Gasteiger partial charge in [0.1, 0.15) is 12.9 Å². The minimum atomic E-state index is -0.0439. The van der Waals surface area contributed by atoms with Gasteiger partial charge in [0.05, 0.1) is 6.10 Å². The van der Waals surface area contributed by atoms with Gasteiger partial charge in [0, 0.05) is 24.6 Å². The molecular formula is C19H26N4O2. The largest absolute Gasteiger partial charge is 0.378 e. The maximum atomic E-state index is 12.2. The van der Waals surface area contributed by atoms with E-state index in [2.05, 4.69) is 29.2 Å². The van der Waals surface area contributed by atoms with E-state index in [4.69, 9.17) is 4.74 Å². The molecule has 1 aliphatic rings. The van der Waals surface area contributed by atoms with E-state index in [0.717, 1.165) is 25.0 Å². The van der Waals surface area contributed by atoms with Crippen molar-refractivity contribution in [3.05, 3.63) is 36.7 Å². The number of nitrogens with one attached hydrogen (secondary N) is 1. The number of aromatic nitrogens is 3. The summed E-state index contributed by atoms with van der Waals surface area (Å²) in [7, 11) is 0. The Hall–Kier alpha value is -2.21. The van der Waals surface area contributed by atoms with E-state index >= 15 is 0 Å². The highest BCUT2D eigenvalue weighted by Crippen LogP contribution is 2.25. The third-order valence-corrected chi connectivity index (χ3v) is 4.59. The summed E-state index contributed by atoms with van der Waals surface area (Å²) < 4.78 is 7.45. The minimum Gasteiger partial charge on any atom is -0.378 e. The Balaban J connectivity index is 1.52. The van der Waals surface area contributed by atoms with Crippen molar-refractivity contribution in [3.63, 3.8) is 0 Å². The molecule has 1 saturated heterocycles. The van der Waals surface area contributed by atoms with Crippen molar-refractivity contribution >= 4 is 5.91 Å². The van der Waals surface area contributed by atoms with Gasteiger partial charge in [0.25, 0.3) is 0 Å². The number of carbonyl (C=O) groups is 1. The van der Waals surface area contributed by atoms with Crippen LogP contribution in [0.15, 0.2) is 36.7 Å². The highest BCUT2D eigenvalue weighted by Gasteiger charge is 2.28. The van der Waals surface area contributed by atoms with Crippen molar-refractivity contribution in [1.82, 2.24) is 20.1 Å². The average molecular weight is 342 g/mol. The zero-order valence-electron chi connectivity index (χ0n) is 14.9. The summed E-state index contributed by atoms with van der Waals surface area (Å²) in [6.45, 7) is 6.01. The summed E-state index contributed by atoms with van der Waals surface area (Å²) >= 11 is 0. The molecule has 3 rings (SSSR count). The lowest BCUT2D eigenvalue weighted by molar-refractivity contribution is -0.122. The van der Waals surface area contributed by atoms with E-state index in [1.54, 1.807) is 11.0 Å². The van der Waals surface area contributed by atoms with Gasteiger partial charge < -0.3 is 10.1 Å². The van der Waals surface area contributed by atoms with Crippen molar-refractivity contribution in [1.29, 1.82) is 0 Å². The van der Waals surface area contributed by atoms with E-state index in [-0.39, 0.29) is 18.6 Å². The Morgan fingerprint density at radius 1 is 1.36 bits per heavy atom. The van der Waals surface area contributed by atoms with Crippen molar-refractivity contribution in [2.24, 2.45) is 11.8 Å². The molecule has 0 spiro atoms. The lowest BCUT2D eigenvalue weighted by Gasteiger charge is -2.34. The molecule has 0 bridgehead atoms. The quantitative estimate of drug-likeness (QED) is 0.876. The first-order valence-corrected chi connectivity index (χ1v) is 8.96. The van der Waals surface area contributed by atoms with Crippen LogP contribution in [-0.2, 0) is 16.1 Å². The van der Waals surface area contributed by atoms with Gasteiger partial charge in [0.15, 0.2) is 5.82 Å². The summed E-state index contributed by atoms with van der Waals surface area (Å²) in [6, 6.07) is 9.75. The Morgan fingerprint density at radius 2 is 2.16 bits per heavy atom. The second-order valence-electron chi connectivity index (χ2n) is 6.92. The van der Waals surface area contributed by atoms with Crippen molar-refractivity contribution in [2.75, 3.05) is 13.2 Å². The fraction of sp³-hybridized carbons (Fsp3) is 0.526. The molecule has 0 aliphatic carbocycles. The third kappa shape index (κ3) is 4.66. The van der Waals surface area contributed by atoms with Crippen LogP contribution in [0.5, 0.6) is 0 Å². The topological polar surface area (TPSA) is 69.0 Å². The van der Waals surface area contributed by atoms with Gasteiger partial charge in [-0.2, -0.15) is 5.10 Å². The van der Waals surface area contributed by atoms with Crippen LogP contribution in [0.3, 0.4) is 0 Å². The van der Waals surface area contributed by atoms with Crippen molar-refractivity contribution in [2.45, 2.75) is 39.3 Å². The molecular weight excluding hydrogens is 316 g/mol. The van der Waals surface area contributed by atoms with E-state index in [0.29, 0.717) is 24.2 Å². The molecule has 0 radical (unpaired) electrons. The maximum Gasteiger partial charge on any atom is 0.241 e. The van der Waals surface area contributed by atoms with Gasteiger partial charge in [-0.25, -0.2) is 9.67 Å². The monoisotopic (exact) mass is 342 g/mol. The molecule has 0 unspecified atom stereocenters. The first-order valence-electron chi connectivity index (χ1n) is 8.96. The Morgan fingerprint density at radius 3 is 2.92 bits per heavy atom. The van der Waals surface area contributed by atoms with E-state index in [9.17, 15) is 4.79 Å². The highest BCUT2D eigenvalue weighted by molar-refractivity contribution is 5.75. The fourth-order valence-electron chi connectivity index (χ4n) is 3.36. The number of ether oxygens (including phenoxy) is 1. The molecule has 1 N–H and O–H groups in total. The van der Waals surface area contributed by atoms with Crippen LogP contribution in [0, 0.1) is 11.8 Å². The third-order valence-electron chi connectivity index (χ3n) is 4.59. The SMILES string of the molecule is CC(C)[C@@H]1OCCC[C@@H]1CNC(=O)Cn1cnc(-c2ccccc2)n1. The Kier molecular flexibility index (Phi) is 5.81. The molecule has 6 nitrogen and oxygen atoms in total. The summed E-state index contributed by atoms with van der Waals surface area (Å²) in [5.41, 5.74) is 0.945. The first-order chi connectivity index (χ1) is 12.1. The summed E-state index contributed by atoms with van der Waals surface area (Å²) in [5.74, 6) is 1.44. The molecule has 0 saturated carbocycles.